The molecule has 3 aromatic carbocycles. The van der Waals surface area contributed by atoms with Crippen molar-refractivity contribution in [2.24, 2.45) is 0 Å². The van der Waals surface area contributed by atoms with Gasteiger partial charge < -0.3 is 23.8 Å². The van der Waals surface area contributed by atoms with E-state index in [1.165, 1.54) is 12.7 Å². The van der Waals surface area contributed by atoms with Gasteiger partial charge in [0.15, 0.2) is 0 Å². The standard InChI is InChI=1S/C30H33NO6/c1-20-27(34-2)16-23(17-28(20)35-3)29(32)31-19-26(18-24(31)13-10-21-8-6-5-7-9-21)37-25-14-11-22(12-15-25)30(33)36-4/h5-9,11-12,14-17,24,26H,10,13,18-19H2,1-4H3/t24?,26-/m0/s1. The second-order valence-electron chi connectivity index (χ2n) is 9.13. The number of methoxy groups -OCH3 is 3. The molecule has 0 N–H and O–H groups in total. The minimum absolute atomic E-state index is 0.00495. The second-order valence-corrected chi connectivity index (χ2v) is 9.13. The first-order valence-corrected chi connectivity index (χ1v) is 12.4. The Morgan fingerprint density at radius 2 is 1.54 bits per heavy atom. The number of benzene rings is 3. The van der Waals surface area contributed by atoms with Crippen LogP contribution in [0.2, 0.25) is 0 Å². The average molecular weight is 504 g/mol. The van der Waals surface area contributed by atoms with Crippen LogP contribution in [-0.2, 0) is 11.2 Å². The van der Waals surface area contributed by atoms with Gasteiger partial charge in [0.25, 0.3) is 5.91 Å². The summed E-state index contributed by atoms with van der Waals surface area (Å²) < 4.78 is 22.0. The molecule has 0 spiro atoms. The average Bonchev–Trinajstić information content (AvgIpc) is 3.34. The van der Waals surface area contributed by atoms with Gasteiger partial charge in [-0.2, -0.15) is 0 Å². The van der Waals surface area contributed by atoms with Crippen LogP contribution in [0.4, 0.5) is 0 Å². The van der Waals surface area contributed by atoms with E-state index < -0.39 is 5.97 Å². The zero-order valence-corrected chi connectivity index (χ0v) is 21.7. The van der Waals surface area contributed by atoms with Crippen LogP contribution < -0.4 is 14.2 Å². The molecule has 1 aliphatic heterocycles. The Morgan fingerprint density at radius 1 is 0.892 bits per heavy atom. The minimum Gasteiger partial charge on any atom is -0.496 e. The maximum absolute atomic E-state index is 13.8. The molecular weight excluding hydrogens is 470 g/mol. The molecule has 2 atom stereocenters. The van der Waals surface area contributed by atoms with Gasteiger partial charge in [-0.15, -0.1) is 0 Å². The molecule has 194 valence electrons. The van der Waals surface area contributed by atoms with Crippen LogP contribution in [-0.4, -0.2) is 56.8 Å². The smallest absolute Gasteiger partial charge is 0.337 e. The molecular formula is C30H33NO6. The van der Waals surface area contributed by atoms with Gasteiger partial charge in [-0.25, -0.2) is 4.79 Å². The van der Waals surface area contributed by atoms with Crippen molar-refractivity contribution in [3.8, 4) is 17.2 Å². The molecule has 37 heavy (non-hydrogen) atoms. The molecule has 1 fully saturated rings. The topological polar surface area (TPSA) is 74.3 Å². The highest BCUT2D eigenvalue weighted by Crippen LogP contribution is 2.33. The largest absolute Gasteiger partial charge is 0.496 e. The van der Waals surface area contributed by atoms with Crippen molar-refractivity contribution in [2.75, 3.05) is 27.9 Å². The lowest BCUT2D eigenvalue weighted by molar-refractivity contribution is 0.0600. The van der Waals surface area contributed by atoms with Crippen LogP contribution in [0.15, 0.2) is 66.7 Å². The molecule has 0 bridgehead atoms. The van der Waals surface area contributed by atoms with E-state index in [0.717, 1.165) is 18.4 Å². The van der Waals surface area contributed by atoms with Crippen molar-refractivity contribution in [3.05, 3.63) is 89.0 Å². The summed E-state index contributed by atoms with van der Waals surface area (Å²) in [7, 11) is 4.53. The fourth-order valence-electron chi connectivity index (χ4n) is 4.81. The third kappa shape index (κ3) is 6.05. The number of carbonyl (C=O) groups excluding carboxylic acids is 2. The van der Waals surface area contributed by atoms with Crippen LogP contribution >= 0.6 is 0 Å². The van der Waals surface area contributed by atoms with E-state index in [4.69, 9.17) is 18.9 Å². The van der Waals surface area contributed by atoms with Crippen LogP contribution in [0.25, 0.3) is 0 Å². The van der Waals surface area contributed by atoms with Crippen molar-refractivity contribution >= 4 is 11.9 Å². The fraction of sp³-hybridized carbons (Fsp3) is 0.333. The van der Waals surface area contributed by atoms with Crippen LogP contribution in [0.1, 0.15) is 44.7 Å². The molecule has 7 heteroatoms. The number of nitrogens with zero attached hydrogens (tertiary/aromatic N) is 1. The van der Waals surface area contributed by atoms with Crippen molar-refractivity contribution in [2.45, 2.75) is 38.3 Å². The van der Waals surface area contributed by atoms with Crippen LogP contribution in [0.3, 0.4) is 0 Å². The second kappa shape index (κ2) is 11.8. The first-order chi connectivity index (χ1) is 17.9. The lowest BCUT2D eigenvalue weighted by Crippen LogP contribution is -2.36. The molecule has 3 aromatic rings. The van der Waals surface area contributed by atoms with Gasteiger partial charge in [0.05, 0.1) is 33.4 Å². The first-order valence-electron chi connectivity index (χ1n) is 12.4. The maximum atomic E-state index is 13.8. The van der Waals surface area contributed by atoms with Crippen molar-refractivity contribution in [3.63, 3.8) is 0 Å². The number of esters is 1. The van der Waals surface area contributed by atoms with Crippen molar-refractivity contribution in [1.82, 2.24) is 4.90 Å². The Morgan fingerprint density at radius 3 is 2.14 bits per heavy atom. The molecule has 0 saturated carbocycles. The number of carbonyl (C=O) groups is 2. The summed E-state index contributed by atoms with van der Waals surface area (Å²) in [4.78, 5) is 27.4. The summed E-state index contributed by atoms with van der Waals surface area (Å²) >= 11 is 0. The highest BCUT2D eigenvalue weighted by molar-refractivity contribution is 5.96. The highest BCUT2D eigenvalue weighted by Gasteiger charge is 2.37. The van der Waals surface area contributed by atoms with Gasteiger partial charge in [-0.3, -0.25) is 4.79 Å². The van der Waals surface area contributed by atoms with E-state index in [1.54, 1.807) is 50.6 Å². The quantitative estimate of drug-likeness (QED) is 0.379. The Kier molecular flexibility index (Phi) is 8.33. The SMILES string of the molecule is COC(=O)c1ccc(O[C@H]2CC(CCc3ccccc3)N(C(=O)c3cc(OC)c(C)c(OC)c3)C2)cc1. The highest BCUT2D eigenvalue weighted by atomic mass is 16.5. The summed E-state index contributed by atoms with van der Waals surface area (Å²) in [6, 6.07) is 20.7. The van der Waals surface area contributed by atoms with Gasteiger partial charge in [-0.1, -0.05) is 30.3 Å². The first kappa shape index (κ1) is 26.1. The third-order valence-electron chi connectivity index (χ3n) is 6.82. The monoisotopic (exact) mass is 503 g/mol. The zero-order chi connectivity index (χ0) is 26.4. The molecule has 0 aromatic heterocycles. The Labute approximate surface area is 217 Å². The number of ether oxygens (including phenoxy) is 4. The number of hydrogen-bond acceptors (Lipinski definition) is 6. The lowest BCUT2D eigenvalue weighted by Gasteiger charge is -2.25. The van der Waals surface area contributed by atoms with Gasteiger partial charge in [0, 0.05) is 23.6 Å². The van der Waals surface area contributed by atoms with E-state index >= 15 is 0 Å². The third-order valence-corrected chi connectivity index (χ3v) is 6.82. The molecule has 1 saturated heterocycles. The predicted octanol–water partition coefficient (Wildman–Crippen LogP) is 5.09. The Hall–Kier alpha value is -4.00. The molecule has 0 aliphatic carbocycles. The molecule has 7 nitrogen and oxygen atoms in total. The van der Waals surface area contributed by atoms with E-state index in [2.05, 4.69) is 12.1 Å². The molecule has 1 aliphatic rings. The van der Waals surface area contributed by atoms with Crippen molar-refractivity contribution < 1.29 is 28.5 Å². The Bertz CT molecular complexity index is 1200. The number of amides is 1. The number of aryl methyl sites for hydroxylation is 1. The van der Waals surface area contributed by atoms with E-state index in [0.29, 0.717) is 41.3 Å². The van der Waals surface area contributed by atoms with Crippen molar-refractivity contribution in [1.29, 1.82) is 0 Å². The molecule has 4 rings (SSSR count). The molecule has 1 unspecified atom stereocenters. The summed E-state index contributed by atoms with van der Waals surface area (Å²) in [5.41, 5.74) is 3.06. The Balaban J connectivity index is 1.55. The van der Waals surface area contributed by atoms with Crippen LogP contribution in [0, 0.1) is 6.92 Å². The van der Waals surface area contributed by atoms with Gasteiger partial charge in [-0.05, 0) is 61.7 Å². The predicted molar refractivity (Wildman–Crippen MR) is 141 cm³/mol. The fourth-order valence-corrected chi connectivity index (χ4v) is 4.81. The normalized spacial score (nSPS) is 16.8. The minimum atomic E-state index is -0.394. The molecule has 0 radical (unpaired) electrons. The summed E-state index contributed by atoms with van der Waals surface area (Å²) in [5.74, 6) is 1.39. The maximum Gasteiger partial charge on any atom is 0.337 e. The van der Waals surface area contributed by atoms with Gasteiger partial charge in [0.2, 0.25) is 0 Å². The number of hydrogen-bond donors (Lipinski definition) is 0. The molecule has 1 amide bonds. The van der Waals surface area contributed by atoms with Crippen LogP contribution in [0.5, 0.6) is 17.2 Å². The van der Waals surface area contributed by atoms with E-state index in [9.17, 15) is 9.59 Å². The number of likely N-dealkylation sites (tertiary alicyclic amines) is 1. The summed E-state index contributed by atoms with van der Waals surface area (Å²) in [6.45, 7) is 2.36. The van der Waals surface area contributed by atoms with Gasteiger partial charge in [0.1, 0.15) is 23.4 Å². The van der Waals surface area contributed by atoms with E-state index in [-0.39, 0.29) is 18.1 Å². The zero-order valence-electron chi connectivity index (χ0n) is 21.7. The van der Waals surface area contributed by atoms with Gasteiger partial charge >= 0.3 is 5.97 Å². The van der Waals surface area contributed by atoms with E-state index in [1.807, 2.05) is 30.0 Å². The lowest BCUT2D eigenvalue weighted by atomic mass is 10.0. The summed E-state index contributed by atoms with van der Waals surface area (Å²) in [5, 5.41) is 0. The summed E-state index contributed by atoms with van der Waals surface area (Å²) in [6.07, 6.45) is 2.20. The number of rotatable bonds is 9. The molecule has 1 heterocycles.